The van der Waals surface area contributed by atoms with Crippen LogP contribution in [0.1, 0.15) is 56.6 Å². The molecule has 208 valence electrons. The monoisotopic (exact) mass is 544 g/mol. The number of benzene rings is 2. The number of hydrogen-bond acceptors (Lipinski definition) is 8. The summed E-state index contributed by atoms with van der Waals surface area (Å²) >= 11 is 0. The van der Waals surface area contributed by atoms with Crippen molar-refractivity contribution < 1.29 is 19.2 Å². The third-order valence-corrected chi connectivity index (χ3v) is 6.40. The number of aryl methyl sites for hydroxylation is 4. The zero-order valence-corrected chi connectivity index (χ0v) is 23.0. The van der Waals surface area contributed by atoms with Gasteiger partial charge in [0.25, 0.3) is 11.5 Å². The number of amides is 2. The number of hydrogen-bond donors (Lipinski definition) is 5. The van der Waals surface area contributed by atoms with E-state index in [4.69, 9.17) is 10.3 Å². The van der Waals surface area contributed by atoms with Crippen LogP contribution in [0.15, 0.2) is 57.8 Å². The number of aliphatic hydroxyl groups is 1. The van der Waals surface area contributed by atoms with Crippen molar-refractivity contribution in [1.29, 1.82) is 0 Å². The summed E-state index contributed by atoms with van der Waals surface area (Å²) in [5.74, 6) is -0.602. The largest absolute Gasteiger partial charge is 0.383 e. The van der Waals surface area contributed by atoms with Gasteiger partial charge in [-0.1, -0.05) is 18.2 Å². The number of pyridine rings is 1. The van der Waals surface area contributed by atoms with Gasteiger partial charge in [-0.2, -0.15) is 4.74 Å². The van der Waals surface area contributed by atoms with Gasteiger partial charge in [0.1, 0.15) is 5.76 Å². The maximum absolute atomic E-state index is 13.3. The van der Waals surface area contributed by atoms with E-state index in [-0.39, 0.29) is 11.3 Å². The van der Waals surface area contributed by atoms with Gasteiger partial charge in [-0.25, -0.2) is 4.98 Å². The van der Waals surface area contributed by atoms with Crippen LogP contribution in [0, 0.1) is 20.8 Å². The van der Waals surface area contributed by atoms with Crippen LogP contribution in [0.4, 0.5) is 17.1 Å². The molecule has 2 aromatic carbocycles. The highest BCUT2D eigenvalue weighted by Crippen LogP contribution is 2.30. The third kappa shape index (κ3) is 5.74. The molecular formula is C29H32N6O5. The molecule has 0 saturated heterocycles. The summed E-state index contributed by atoms with van der Waals surface area (Å²) in [6, 6.07) is 13.6. The number of aromatic nitrogens is 2. The number of aliphatic hydroxyl groups excluding tert-OH is 1. The van der Waals surface area contributed by atoms with Crippen molar-refractivity contribution in [3.05, 3.63) is 92.7 Å². The number of anilines is 3. The van der Waals surface area contributed by atoms with E-state index in [0.29, 0.717) is 62.9 Å². The minimum Gasteiger partial charge on any atom is -0.383 e. The molecule has 0 radical (unpaired) electrons. The second kappa shape index (κ2) is 11.5. The maximum Gasteiger partial charge on any atom is 0.290 e. The maximum atomic E-state index is 13.3. The van der Waals surface area contributed by atoms with E-state index in [0.717, 1.165) is 0 Å². The molecule has 2 heterocycles. The highest BCUT2D eigenvalue weighted by Gasteiger charge is 2.23. The molecule has 1 atom stereocenters. The average Bonchev–Trinajstić information content (AvgIpc) is 3.16. The van der Waals surface area contributed by atoms with Gasteiger partial charge in [-0.3, -0.25) is 14.4 Å². The summed E-state index contributed by atoms with van der Waals surface area (Å²) in [5, 5.41) is 20.1. The first-order valence-electron chi connectivity index (χ1n) is 12.7. The van der Waals surface area contributed by atoms with Crippen LogP contribution in [0.5, 0.6) is 0 Å². The molecule has 11 heteroatoms. The second-order valence-electron chi connectivity index (χ2n) is 9.40. The zero-order chi connectivity index (χ0) is 29.1. The topological polar surface area (TPSA) is 165 Å². The first-order valence-corrected chi connectivity index (χ1v) is 12.7. The van der Waals surface area contributed by atoms with Crippen molar-refractivity contribution in [2.24, 2.45) is 12.8 Å². The fraction of sp³-hybridized carbons (Fsp3) is 0.241. The Balaban J connectivity index is 1.62. The normalized spacial score (nSPS) is 11.7. The fourth-order valence-corrected chi connectivity index (χ4v) is 4.49. The second-order valence-corrected chi connectivity index (χ2v) is 9.40. The van der Waals surface area contributed by atoms with Crippen molar-refractivity contribution in [1.82, 2.24) is 9.72 Å². The molecule has 1 unspecified atom stereocenters. The van der Waals surface area contributed by atoms with E-state index in [1.54, 1.807) is 70.3 Å². The first kappa shape index (κ1) is 28.1. The minimum atomic E-state index is -1.20. The molecule has 0 aliphatic carbocycles. The van der Waals surface area contributed by atoms with Gasteiger partial charge in [-0.15, -0.1) is 0 Å². The van der Waals surface area contributed by atoms with Crippen molar-refractivity contribution in [3.63, 3.8) is 0 Å². The molecule has 4 rings (SSSR count). The van der Waals surface area contributed by atoms with E-state index in [1.807, 2.05) is 6.92 Å². The van der Waals surface area contributed by atoms with Crippen molar-refractivity contribution >= 4 is 28.9 Å². The molecule has 6 N–H and O–H groups in total. The summed E-state index contributed by atoms with van der Waals surface area (Å²) < 4.78 is 6.55. The lowest BCUT2D eigenvalue weighted by atomic mass is 10.1. The zero-order valence-electron chi connectivity index (χ0n) is 23.0. The Labute approximate surface area is 231 Å². The standard InChI is InChI=1S/C29H32N6O5/c1-6-31-24-22(27(37)33-19-11-8-18(9-12-19)23-17(4)40-35(5)29(23)39)13-16(3)32-25(24)28(38)34-20-10-7-15(2)21(14-20)26(30)36/h7-14,27,31,33,37H,6H2,1-5H3,(H2,30,36)(H,34,38). The minimum absolute atomic E-state index is 0.0838. The molecule has 0 fully saturated rings. The van der Waals surface area contributed by atoms with Crippen LogP contribution in [-0.4, -0.2) is 33.2 Å². The number of nitrogens with zero attached hydrogens (tertiary/aromatic N) is 2. The van der Waals surface area contributed by atoms with Crippen LogP contribution < -0.4 is 27.2 Å². The molecule has 2 amide bonds. The highest BCUT2D eigenvalue weighted by molar-refractivity contribution is 6.07. The molecule has 0 saturated carbocycles. The Morgan fingerprint density at radius 3 is 2.35 bits per heavy atom. The smallest absolute Gasteiger partial charge is 0.290 e. The van der Waals surface area contributed by atoms with Crippen LogP contribution in [-0.2, 0) is 7.05 Å². The molecular weight excluding hydrogens is 512 g/mol. The van der Waals surface area contributed by atoms with E-state index in [1.165, 1.54) is 10.8 Å². The van der Waals surface area contributed by atoms with Gasteiger partial charge in [0.2, 0.25) is 5.91 Å². The van der Waals surface area contributed by atoms with Crippen molar-refractivity contribution in [3.8, 4) is 11.1 Å². The predicted octanol–water partition coefficient (Wildman–Crippen LogP) is 3.85. The number of carbonyl (C=O) groups excluding carboxylic acids is 2. The molecule has 2 aromatic heterocycles. The highest BCUT2D eigenvalue weighted by atomic mass is 16.5. The fourth-order valence-electron chi connectivity index (χ4n) is 4.49. The van der Waals surface area contributed by atoms with Crippen molar-refractivity contribution in [2.45, 2.75) is 33.9 Å². The predicted molar refractivity (Wildman–Crippen MR) is 153 cm³/mol. The molecule has 11 nitrogen and oxygen atoms in total. The molecule has 40 heavy (non-hydrogen) atoms. The molecule has 0 aliphatic rings. The van der Waals surface area contributed by atoms with E-state index in [9.17, 15) is 19.5 Å². The van der Waals surface area contributed by atoms with E-state index in [2.05, 4.69) is 20.9 Å². The van der Waals surface area contributed by atoms with Crippen LogP contribution >= 0.6 is 0 Å². The Kier molecular flexibility index (Phi) is 8.05. The summed E-state index contributed by atoms with van der Waals surface area (Å²) in [5.41, 5.74) is 9.74. The van der Waals surface area contributed by atoms with Gasteiger partial charge in [0, 0.05) is 41.8 Å². The SMILES string of the molecule is CCNc1c(C(O)Nc2ccc(-c3c(C)on(C)c3=O)cc2)cc(C)nc1C(=O)Nc1ccc(C)c(C(N)=O)c1. The number of nitrogens with two attached hydrogens (primary N) is 1. The summed E-state index contributed by atoms with van der Waals surface area (Å²) in [7, 11) is 1.55. The van der Waals surface area contributed by atoms with Crippen molar-refractivity contribution in [2.75, 3.05) is 22.5 Å². The summed E-state index contributed by atoms with van der Waals surface area (Å²) in [6.45, 7) is 7.54. The Hall–Kier alpha value is -4.90. The summed E-state index contributed by atoms with van der Waals surface area (Å²) in [4.78, 5) is 41.9. The van der Waals surface area contributed by atoms with Crippen LogP contribution in [0.25, 0.3) is 11.1 Å². The first-order chi connectivity index (χ1) is 19.0. The van der Waals surface area contributed by atoms with Gasteiger partial charge in [0.15, 0.2) is 11.9 Å². The summed E-state index contributed by atoms with van der Waals surface area (Å²) in [6.07, 6.45) is -1.20. The number of rotatable bonds is 9. The number of carbonyl (C=O) groups is 2. The Morgan fingerprint density at radius 1 is 1.07 bits per heavy atom. The van der Waals surface area contributed by atoms with Gasteiger partial charge >= 0.3 is 0 Å². The average molecular weight is 545 g/mol. The van der Waals surface area contributed by atoms with Crippen LogP contribution in [0.3, 0.4) is 0 Å². The lowest BCUT2D eigenvalue weighted by Gasteiger charge is -2.21. The third-order valence-electron chi connectivity index (χ3n) is 6.40. The van der Waals surface area contributed by atoms with E-state index < -0.39 is 18.0 Å². The van der Waals surface area contributed by atoms with Gasteiger partial charge < -0.3 is 31.3 Å². The Bertz CT molecular complexity index is 1640. The molecule has 0 aliphatic heterocycles. The lowest BCUT2D eigenvalue weighted by molar-refractivity contribution is 0.0995. The van der Waals surface area contributed by atoms with E-state index >= 15 is 0 Å². The van der Waals surface area contributed by atoms with Gasteiger partial charge in [-0.05, 0) is 69.2 Å². The lowest BCUT2D eigenvalue weighted by Crippen LogP contribution is -2.21. The van der Waals surface area contributed by atoms with Gasteiger partial charge in [0.05, 0.1) is 11.3 Å². The molecule has 4 aromatic rings. The number of nitrogens with one attached hydrogen (secondary N) is 3. The Morgan fingerprint density at radius 2 is 1.75 bits per heavy atom. The number of primary amides is 1. The molecule has 0 bridgehead atoms. The quantitative estimate of drug-likeness (QED) is 0.198. The molecule has 0 spiro atoms. The van der Waals surface area contributed by atoms with Crippen LogP contribution in [0.2, 0.25) is 0 Å².